The molecule has 0 saturated heterocycles. The predicted molar refractivity (Wildman–Crippen MR) is 47.0 cm³/mol. The number of rotatable bonds is 2. The van der Waals surface area contributed by atoms with E-state index in [0.29, 0.717) is 23.6 Å². The Hall–Kier alpha value is 0.210. The molecule has 2 saturated carbocycles. The molecular formula is C9H15ClO2. The molecule has 2 aliphatic carbocycles. The maximum atomic E-state index is 9.58. The lowest BCUT2D eigenvalue weighted by molar-refractivity contribution is 0.0318. The fourth-order valence-corrected chi connectivity index (χ4v) is 3.56. The Morgan fingerprint density at radius 2 is 2.00 bits per heavy atom. The van der Waals surface area contributed by atoms with E-state index in [1.807, 2.05) is 0 Å². The summed E-state index contributed by atoms with van der Waals surface area (Å²) in [6.07, 6.45) is 1.80. The van der Waals surface area contributed by atoms with Crippen LogP contribution in [0.4, 0.5) is 0 Å². The van der Waals surface area contributed by atoms with Gasteiger partial charge in [0.15, 0.2) is 0 Å². The van der Waals surface area contributed by atoms with Crippen molar-refractivity contribution in [2.75, 3.05) is 12.5 Å². The highest BCUT2D eigenvalue weighted by Gasteiger charge is 2.51. The predicted octanol–water partition coefficient (Wildman–Crippen LogP) is 0.851. The maximum Gasteiger partial charge on any atom is 0.0574 e. The number of hydrogen-bond acceptors (Lipinski definition) is 2. The lowest BCUT2D eigenvalue weighted by atomic mass is 9.79. The molecular weight excluding hydrogens is 176 g/mol. The zero-order valence-corrected chi connectivity index (χ0v) is 7.74. The largest absolute Gasteiger partial charge is 0.396 e. The molecule has 2 N–H and O–H groups in total. The van der Waals surface area contributed by atoms with E-state index in [1.165, 1.54) is 0 Å². The Balaban J connectivity index is 2.11. The molecule has 2 nitrogen and oxygen atoms in total. The summed E-state index contributed by atoms with van der Waals surface area (Å²) in [7, 11) is 0. The molecule has 70 valence electrons. The van der Waals surface area contributed by atoms with E-state index in [-0.39, 0.29) is 18.6 Å². The van der Waals surface area contributed by atoms with Crippen molar-refractivity contribution in [3.8, 4) is 0 Å². The molecule has 0 aromatic heterocycles. The first-order valence-corrected chi connectivity index (χ1v) is 5.16. The molecule has 5 atom stereocenters. The number of aliphatic hydroxyl groups is 2. The van der Waals surface area contributed by atoms with Crippen molar-refractivity contribution in [1.29, 1.82) is 0 Å². The van der Waals surface area contributed by atoms with Gasteiger partial charge in [-0.25, -0.2) is 0 Å². The van der Waals surface area contributed by atoms with E-state index in [9.17, 15) is 5.11 Å². The van der Waals surface area contributed by atoms with Crippen LogP contribution < -0.4 is 0 Å². The quantitative estimate of drug-likeness (QED) is 0.634. The number of alkyl halides is 1. The monoisotopic (exact) mass is 190 g/mol. The van der Waals surface area contributed by atoms with Crippen molar-refractivity contribution < 1.29 is 10.2 Å². The first-order valence-electron chi connectivity index (χ1n) is 4.62. The van der Waals surface area contributed by atoms with Gasteiger partial charge in [-0.05, 0) is 36.5 Å². The first kappa shape index (κ1) is 8.79. The molecule has 0 radical (unpaired) electrons. The highest BCUT2D eigenvalue weighted by Crippen LogP contribution is 2.52. The third kappa shape index (κ3) is 1.09. The molecule has 0 heterocycles. The zero-order chi connectivity index (χ0) is 8.72. The van der Waals surface area contributed by atoms with E-state index in [4.69, 9.17) is 16.7 Å². The summed E-state index contributed by atoms with van der Waals surface area (Å²) < 4.78 is 0. The van der Waals surface area contributed by atoms with Gasteiger partial charge in [0.1, 0.15) is 0 Å². The van der Waals surface area contributed by atoms with Crippen LogP contribution in [0.1, 0.15) is 12.8 Å². The van der Waals surface area contributed by atoms with Gasteiger partial charge >= 0.3 is 0 Å². The van der Waals surface area contributed by atoms with Crippen molar-refractivity contribution in [2.24, 2.45) is 23.7 Å². The summed E-state index contributed by atoms with van der Waals surface area (Å²) >= 11 is 5.83. The Morgan fingerprint density at radius 1 is 1.25 bits per heavy atom. The highest BCUT2D eigenvalue weighted by atomic mass is 35.5. The van der Waals surface area contributed by atoms with Gasteiger partial charge in [0, 0.05) is 12.5 Å². The lowest BCUT2D eigenvalue weighted by Gasteiger charge is -2.31. The molecule has 2 fully saturated rings. The summed E-state index contributed by atoms with van der Waals surface area (Å²) in [4.78, 5) is 0. The van der Waals surface area contributed by atoms with Crippen LogP contribution in [0.25, 0.3) is 0 Å². The fraction of sp³-hybridized carbons (Fsp3) is 1.00. The normalized spacial score (nSPS) is 51.8. The average molecular weight is 191 g/mol. The second kappa shape index (κ2) is 3.17. The van der Waals surface area contributed by atoms with Gasteiger partial charge in [0.05, 0.1) is 6.10 Å². The van der Waals surface area contributed by atoms with Crippen LogP contribution in [0, 0.1) is 23.7 Å². The zero-order valence-electron chi connectivity index (χ0n) is 6.99. The van der Waals surface area contributed by atoms with Crippen LogP contribution in [0.5, 0.6) is 0 Å². The summed E-state index contributed by atoms with van der Waals surface area (Å²) in [6.45, 7) is 0.190. The second-order valence-electron chi connectivity index (χ2n) is 4.13. The van der Waals surface area contributed by atoms with E-state index >= 15 is 0 Å². The fourth-order valence-electron chi connectivity index (χ4n) is 3.08. The molecule has 0 aromatic carbocycles. The third-order valence-electron chi connectivity index (χ3n) is 3.71. The van der Waals surface area contributed by atoms with Crippen LogP contribution in [-0.4, -0.2) is 28.8 Å². The summed E-state index contributed by atoms with van der Waals surface area (Å²) in [5.41, 5.74) is 0. The maximum absolute atomic E-state index is 9.58. The SMILES string of the molecule is OC[C@H]1[C@H](CCl)[C@H]2C[C@@H]1[C@H](O)C2. The van der Waals surface area contributed by atoms with Crippen LogP contribution in [0.3, 0.4) is 0 Å². The Labute approximate surface area is 77.5 Å². The van der Waals surface area contributed by atoms with Crippen LogP contribution in [-0.2, 0) is 0 Å². The molecule has 0 spiro atoms. The van der Waals surface area contributed by atoms with Gasteiger partial charge in [-0.3, -0.25) is 0 Å². The standard InChI is InChI=1S/C9H15ClO2/c10-3-7-5-1-6(8(7)4-11)9(12)2-5/h5-9,11-12H,1-4H2/t5-,6-,7+,8+,9+/m0/s1. The Morgan fingerprint density at radius 3 is 2.58 bits per heavy atom. The van der Waals surface area contributed by atoms with Crippen molar-refractivity contribution >= 4 is 11.6 Å². The van der Waals surface area contributed by atoms with Crippen molar-refractivity contribution in [2.45, 2.75) is 18.9 Å². The minimum atomic E-state index is -0.174. The molecule has 2 rings (SSSR count). The van der Waals surface area contributed by atoms with E-state index in [0.717, 1.165) is 12.8 Å². The van der Waals surface area contributed by atoms with Crippen molar-refractivity contribution in [3.63, 3.8) is 0 Å². The molecule has 2 bridgehead atoms. The van der Waals surface area contributed by atoms with Gasteiger partial charge in [-0.1, -0.05) is 0 Å². The summed E-state index contributed by atoms with van der Waals surface area (Å²) in [6, 6.07) is 0. The minimum absolute atomic E-state index is 0.174. The summed E-state index contributed by atoms with van der Waals surface area (Å²) in [5, 5.41) is 18.7. The molecule has 0 aromatic rings. The Kier molecular flexibility index (Phi) is 2.32. The molecule has 2 aliphatic rings. The smallest absolute Gasteiger partial charge is 0.0574 e. The third-order valence-corrected chi connectivity index (χ3v) is 4.06. The van der Waals surface area contributed by atoms with E-state index in [2.05, 4.69) is 0 Å². The van der Waals surface area contributed by atoms with Gasteiger partial charge < -0.3 is 10.2 Å². The number of halogens is 1. The molecule has 0 amide bonds. The number of aliphatic hydroxyl groups excluding tert-OH is 2. The second-order valence-corrected chi connectivity index (χ2v) is 4.44. The van der Waals surface area contributed by atoms with Gasteiger partial charge in [-0.2, -0.15) is 0 Å². The van der Waals surface area contributed by atoms with Gasteiger partial charge in [0.25, 0.3) is 0 Å². The van der Waals surface area contributed by atoms with Crippen molar-refractivity contribution in [3.05, 3.63) is 0 Å². The van der Waals surface area contributed by atoms with Gasteiger partial charge in [0.2, 0.25) is 0 Å². The van der Waals surface area contributed by atoms with E-state index in [1.54, 1.807) is 0 Å². The Bertz CT molecular complexity index is 172. The van der Waals surface area contributed by atoms with E-state index < -0.39 is 0 Å². The number of hydrogen-bond donors (Lipinski definition) is 2. The minimum Gasteiger partial charge on any atom is -0.396 e. The van der Waals surface area contributed by atoms with Crippen LogP contribution in [0.2, 0.25) is 0 Å². The molecule has 0 unspecified atom stereocenters. The highest BCUT2D eigenvalue weighted by molar-refractivity contribution is 6.18. The molecule has 12 heavy (non-hydrogen) atoms. The average Bonchev–Trinajstić information content (AvgIpc) is 2.58. The first-order chi connectivity index (χ1) is 5.77. The van der Waals surface area contributed by atoms with Crippen LogP contribution in [0.15, 0.2) is 0 Å². The van der Waals surface area contributed by atoms with Gasteiger partial charge in [-0.15, -0.1) is 11.6 Å². The molecule has 0 aliphatic heterocycles. The lowest BCUT2D eigenvalue weighted by Crippen LogP contribution is -2.34. The topological polar surface area (TPSA) is 40.5 Å². The van der Waals surface area contributed by atoms with Crippen molar-refractivity contribution in [1.82, 2.24) is 0 Å². The summed E-state index contributed by atoms with van der Waals surface area (Å²) in [5.74, 6) is 2.24. The van der Waals surface area contributed by atoms with Crippen LogP contribution >= 0.6 is 11.6 Å². The number of fused-ring (bicyclic) bond motifs is 2. The molecule has 3 heteroatoms.